The van der Waals surface area contributed by atoms with Crippen LogP contribution < -0.4 is 0 Å². The largest absolute Gasteiger partial charge is 0.145 e. The standard InChI is InChI=1S/C13H19NO/c1-3-5-6-7-12-10-11(4-2)8-9-13(12)14-15/h8-10H,3-7H2,1-2H3. The van der Waals surface area contributed by atoms with Crippen molar-refractivity contribution >= 4 is 5.69 Å². The fourth-order valence-corrected chi connectivity index (χ4v) is 1.71. The molecule has 0 heterocycles. The number of benzene rings is 1. The second kappa shape index (κ2) is 6.33. The van der Waals surface area contributed by atoms with Gasteiger partial charge in [0.05, 0.1) is 0 Å². The van der Waals surface area contributed by atoms with Gasteiger partial charge < -0.3 is 0 Å². The third-order valence-electron chi connectivity index (χ3n) is 2.70. The van der Waals surface area contributed by atoms with Gasteiger partial charge in [-0.15, -0.1) is 4.91 Å². The van der Waals surface area contributed by atoms with Crippen molar-refractivity contribution in [1.29, 1.82) is 0 Å². The number of nitroso groups, excluding NO2 is 1. The minimum Gasteiger partial charge on any atom is -0.145 e. The zero-order chi connectivity index (χ0) is 11.1. The van der Waals surface area contributed by atoms with Gasteiger partial charge in [0.15, 0.2) is 0 Å². The average Bonchev–Trinajstić information content (AvgIpc) is 2.29. The molecule has 0 aliphatic heterocycles. The quantitative estimate of drug-likeness (QED) is 0.500. The van der Waals surface area contributed by atoms with Gasteiger partial charge in [-0.25, -0.2) is 0 Å². The molecule has 2 heteroatoms. The second-order valence-electron chi connectivity index (χ2n) is 3.87. The lowest BCUT2D eigenvalue weighted by Crippen LogP contribution is -1.89. The molecule has 1 aromatic carbocycles. The minimum absolute atomic E-state index is 0.614. The van der Waals surface area contributed by atoms with Gasteiger partial charge in [-0.3, -0.25) is 0 Å². The molecule has 0 saturated carbocycles. The van der Waals surface area contributed by atoms with Gasteiger partial charge in [-0.05, 0) is 41.6 Å². The highest BCUT2D eigenvalue weighted by Gasteiger charge is 2.03. The Labute approximate surface area is 91.7 Å². The molecule has 0 bridgehead atoms. The zero-order valence-corrected chi connectivity index (χ0v) is 9.62. The summed E-state index contributed by atoms with van der Waals surface area (Å²) in [5.74, 6) is 0. The van der Waals surface area contributed by atoms with E-state index in [1.807, 2.05) is 12.1 Å². The lowest BCUT2D eigenvalue weighted by Gasteiger charge is -2.05. The average molecular weight is 205 g/mol. The summed E-state index contributed by atoms with van der Waals surface area (Å²) in [5.41, 5.74) is 3.01. The molecule has 0 N–H and O–H groups in total. The van der Waals surface area contributed by atoms with Gasteiger partial charge in [0, 0.05) is 0 Å². The summed E-state index contributed by atoms with van der Waals surface area (Å²) in [6.45, 7) is 4.31. The monoisotopic (exact) mass is 205 g/mol. The lowest BCUT2D eigenvalue weighted by molar-refractivity contribution is 0.717. The molecule has 0 amide bonds. The van der Waals surface area contributed by atoms with E-state index in [4.69, 9.17) is 0 Å². The van der Waals surface area contributed by atoms with Crippen LogP contribution in [0.2, 0.25) is 0 Å². The third kappa shape index (κ3) is 3.46. The van der Waals surface area contributed by atoms with Crippen molar-refractivity contribution in [2.75, 3.05) is 0 Å². The van der Waals surface area contributed by atoms with Gasteiger partial charge in [0.1, 0.15) is 5.69 Å². The number of rotatable bonds is 6. The van der Waals surface area contributed by atoms with Crippen molar-refractivity contribution in [1.82, 2.24) is 0 Å². The molecule has 0 aromatic heterocycles. The van der Waals surface area contributed by atoms with Gasteiger partial charge >= 0.3 is 0 Å². The first-order valence-corrected chi connectivity index (χ1v) is 5.77. The van der Waals surface area contributed by atoms with E-state index in [0.717, 1.165) is 24.8 Å². The predicted octanol–water partition coefficient (Wildman–Crippen LogP) is 4.38. The van der Waals surface area contributed by atoms with Crippen molar-refractivity contribution in [2.24, 2.45) is 5.18 Å². The molecule has 0 radical (unpaired) electrons. The van der Waals surface area contributed by atoms with Crippen LogP contribution in [0.15, 0.2) is 23.4 Å². The van der Waals surface area contributed by atoms with Gasteiger partial charge in [0.25, 0.3) is 0 Å². The summed E-state index contributed by atoms with van der Waals surface area (Å²) in [6, 6.07) is 5.94. The predicted molar refractivity (Wildman–Crippen MR) is 64.5 cm³/mol. The van der Waals surface area contributed by atoms with Crippen LogP contribution in [0.4, 0.5) is 5.69 Å². The first kappa shape index (κ1) is 11.9. The number of aryl methyl sites for hydroxylation is 2. The smallest absolute Gasteiger partial charge is 0.111 e. The summed E-state index contributed by atoms with van der Waals surface area (Å²) in [5, 5.41) is 3.07. The van der Waals surface area contributed by atoms with Crippen LogP contribution >= 0.6 is 0 Å². The van der Waals surface area contributed by atoms with E-state index in [9.17, 15) is 4.91 Å². The molecule has 0 aliphatic rings. The number of nitrogens with zero attached hydrogens (tertiary/aromatic N) is 1. The van der Waals surface area contributed by atoms with Crippen molar-refractivity contribution in [3.05, 3.63) is 34.2 Å². The second-order valence-corrected chi connectivity index (χ2v) is 3.87. The molecule has 0 fully saturated rings. The molecule has 0 spiro atoms. The first-order valence-electron chi connectivity index (χ1n) is 5.77. The molecule has 0 atom stereocenters. The Morgan fingerprint density at radius 2 is 2.00 bits per heavy atom. The topological polar surface area (TPSA) is 29.4 Å². The Balaban J connectivity index is 2.76. The Bertz CT molecular complexity index is 320. The van der Waals surface area contributed by atoms with Gasteiger partial charge in [-0.2, -0.15) is 0 Å². The maximum absolute atomic E-state index is 10.6. The van der Waals surface area contributed by atoms with E-state index in [1.165, 1.54) is 18.4 Å². The van der Waals surface area contributed by atoms with Crippen molar-refractivity contribution in [3.8, 4) is 0 Å². The summed E-state index contributed by atoms with van der Waals surface area (Å²) in [7, 11) is 0. The fraction of sp³-hybridized carbons (Fsp3) is 0.538. The van der Waals surface area contributed by atoms with Crippen LogP contribution in [-0.2, 0) is 12.8 Å². The molecule has 15 heavy (non-hydrogen) atoms. The van der Waals surface area contributed by atoms with Gasteiger partial charge in [-0.1, -0.05) is 38.8 Å². The lowest BCUT2D eigenvalue weighted by atomic mass is 10.0. The number of unbranched alkanes of at least 4 members (excludes halogenated alkanes) is 2. The highest BCUT2D eigenvalue weighted by Crippen LogP contribution is 2.22. The summed E-state index contributed by atoms with van der Waals surface area (Å²) in [6.07, 6.45) is 5.56. The first-order chi connectivity index (χ1) is 7.31. The van der Waals surface area contributed by atoms with Crippen molar-refractivity contribution < 1.29 is 0 Å². The highest BCUT2D eigenvalue weighted by molar-refractivity contribution is 5.47. The summed E-state index contributed by atoms with van der Waals surface area (Å²) in [4.78, 5) is 10.6. The maximum atomic E-state index is 10.6. The van der Waals surface area contributed by atoms with Crippen LogP contribution in [-0.4, -0.2) is 0 Å². The molecule has 0 saturated heterocycles. The van der Waals surface area contributed by atoms with E-state index in [-0.39, 0.29) is 0 Å². The summed E-state index contributed by atoms with van der Waals surface area (Å²) >= 11 is 0. The zero-order valence-electron chi connectivity index (χ0n) is 9.62. The molecule has 0 unspecified atom stereocenters. The normalized spacial score (nSPS) is 10.3. The van der Waals surface area contributed by atoms with E-state index < -0.39 is 0 Å². The third-order valence-corrected chi connectivity index (χ3v) is 2.70. The molecule has 1 rings (SSSR count). The minimum atomic E-state index is 0.614. The van der Waals surface area contributed by atoms with E-state index >= 15 is 0 Å². The molecule has 0 aliphatic carbocycles. The Kier molecular flexibility index (Phi) is 5.02. The Morgan fingerprint density at radius 3 is 2.60 bits per heavy atom. The highest BCUT2D eigenvalue weighted by atomic mass is 16.3. The van der Waals surface area contributed by atoms with Crippen LogP contribution in [0, 0.1) is 4.91 Å². The Hall–Kier alpha value is -1.18. The molecule has 82 valence electrons. The number of hydrogen-bond donors (Lipinski definition) is 0. The SMILES string of the molecule is CCCCCc1cc(CC)ccc1N=O. The summed E-state index contributed by atoms with van der Waals surface area (Å²) < 4.78 is 0. The number of hydrogen-bond acceptors (Lipinski definition) is 2. The van der Waals surface area contributed by atoms with Crippen molar-refractivity contribution in [2.45, 2.75) is 46.0 Å². The molecular weight excluding hydrogens is 186 g/mol. The molecule has 1 aromatic rings. The van der Waals surface area contributed by atoms with Crippen LogP contribution in [0.25, 0.3) is 0 Å². The molecular formula is C13H19NO. The van der Waals surface area contributed by atoms with Crippen LogP contribution in [0.5, 0.6) is 0 Å². The van der Waals surface area contributed by atoms with Gasteiger partial charge in [0.2, 0.25) is 0 Å². The van der Waals surface area contributed by atoms with E-state index in [0.29, 0.717) is 5.69 Å². The maximum Gasteiger partial charge on any atom is 0.111 e. The fourth-order valence-electron chi connectivity index (χ4n) is 1.71. The Morgan fingerprint density at radius 1 is 1.20 bits per heavy atom. The van der Waals surface area contributed by atoms with E-state index in [1.54, 1.807) is 0 Å². The van der Waals surface area contributed by atoms with Crippen LogP contribution in [0.1, 0.15) is 44.2 Å². The van der Waals surface area contributed by atoms with Crippen LogP contribution in [0.3, 0.4) is 0 Å². The van der Waals surface area contributed by atoms with E-state index in [2.05, 4.69) is 25.1 Å². The van der Waals surface area contributed by atoms with Crippen molar-refractivity contribution in [3.63, 3.8) is 0 Å². The molecule has 2 nitrogen and oxygen atoms in total.